The number of para-hydroxylation sites is 1. The highest BCUT2D eigenvalue weighted by molar-refractivity contribution is 7.99. The summed E-state index contributed by atoms with van der Waals surface area (Å²) in [6, 6.07) is 8.58. The molecule has 1 aromatic carbocycles. The van der Waals surface area contributed by atoms with Crippen molar-refractivity contribution in [3.63, 3.8) is 0 Å². The number of nitrogens with one attached hydrogen (secondary N) is 1. The van der Waals surface area contributed by atoms with E-state index in [4.69, 9.17) is 5.84 Å². The second kappa shape index (κ2) is 6.41. The minimum atomic E-state index is 0.255. The molecule has 0 radical (unpaired) electrons. The maximum absolute atomic E-state index is 5.66. The fourth-order valence-corrected chi connectivity index (χ4v) is 2.98. The highest BCUT2D eigenvalue weighted by atomic mass is 32.2. The van der Waals surface area contributed by atoms with Gasteiger partial charge in [0.1, 0.15) is 0 Å². The molecule has 1 aromatic heterocycles. The van der Waals surface area contributed by atoms with Crippen molar-refractivity contribution in [2.75, 3.05) is 5.75 Å². The number of fused-ring (bicyclic) bond motifs is 1. The molecule has 0 saturated carbocycles. The van der Waals surface area contributed by atoms with E-state index in [1.54, 1.807) is 0 Å². The van der Waals surface area contributed by atoms with Gasteiger partial charge in [0, 0.05) is 30.6 Å². The summed E-state index contributed by atoms with van der Waals surface area (Å²) in [6.45, 7) is 4.41. The molecule has 19 heavy (non-hydrogen) atoms. The van der Waals surface area contributed by atoms with Gasteiger partial charge in [-0.25, -0.2) is 0 Å². The van der Waals surface area contributed by atoms with Crippen LogP contribution in [0.25, 0.3) is 10.9 Å². The maximum atomic E-state index is 5.66. The zero-order valence-electron chi connectivity index (χ0n) is 11.8. The Bertz CT molecular complexity index is 535. The molecule has 0 amide bonds. The lowest BCUT2D eigenvalue weighted by atomic mass is 10.1. The first kappa shape index (κ1) is 14.4. The van der Waals surface area contributed by atoms with Crippen molar-refractivity contribution >= 4 is 22.7 Å². The van der Waals surface area contributed by atoms with Gasteiger partial charge in [-0.05, 0) is 11.3 Å². The van der Waals surface area contributed by atoms with Gasteiger partial charge in [-0.2, -0.15) is 16.9 Å². The summed E-state index contributed by atoms with van der Waals surface area (Å²) in [5.41, 5.74) is 5.20. The van der Waals surface area contributed by atoms with Crippen LogP contribution in [0.4, 0.5) is 0 Å². The largest absolute Gasteiger partial charge is 0.271 e. The molecule has 0 spiro atoms. The number of nitrogens with zero attached hydrogens (tertiary/aromatic N) is 2. The molecule has 1 atom stereocenters. The first-order valence-electron chi connectivity index (χ1n) is 6.60. The van der Waals surface area contributed by atoms with Crippen molar-refractivity contribution in [2.24, 2.45) is 12.9 Å². The number of thioether (sulfide) groups is 1. The molecular weight excluding hydrogens is 256 g/mol. The lowest BCUT2D eigenvalue weighted by Gasteiger charge is -2.15. The molecule has 2 aromatic rings. The molecule has 1 unspecified atom stereocenters. The van der Waals surface area contributed by atoms with Gasteiger partial charge in [0.2, 0.25) is 0 Å². The fourth-order valence-electron chi connectivity index (χ4n) is 2.15. The third-order valence-corrected chi connectivity index (χ3v) is 4.40. The Labute approximate surface area is 118 Å². The van der Waals surface area contributed by atoms with E-state index in [0.717, 1.165) is 17.9 Å². The summed E-state index contributed by atoms with van der Waals surface area (Å²) < 4.78 is 1.94. The van der Waals surface area contributed by atoms with Gasteiger partial charge in [-0.3, -0.25) is 16.0 Å². The molecule has 3 N–H and O–H groups in total. The van der Waals surface area contributed by atoms with Crippen LogP contribution in [0.5, 0.6) is 0 Å². The predicted octanol–water partition coefficient (Wildman–Crippen LogP) is 2.09. The minimum Gasteiger partial charge on any atom is -0.271 e. The number of hydrogen-bond acceptors (Lipinski definition) is 4. The molecule has 2 rings (SSSR count). The van der Waals surface area contributed by atoms with Crippen LogP contribution >= 0.6 is 11.8 Å². The van der Waals surface area contributed by atoms with Gasteiger partial charge >= 0.3 is 0 Å². The average molecular weight is 278 g/mol. The monoisotopic (exact) mass is 278 g/mol. The molecule has 0 saturated heterocycles. The minimum absolute atomic E-state index is 0.255. The van der Waals surface area contributed by atoms with Crippen molar-refractivity contribution in [1.82, 2.24) is 15.2 Å². The lowest BCUT2D eigenvalue weighted by Crippen LogP contribution is -2.39. The van der Waals surface area contributed by atoms with Gasteiger partial charge in [0.05, 0.1) is 11.2 Å². The van der Waals surface area contributed by atoms with Gasteiger partial charge in [0.15, 0.2) is 0 Å². The number of aryl methyl sites for hydroxylation is 1. The SMILES string of the molecule is CC(C)SCC(Cc1nn(C)c2ccccc12)NN. The molecule has 0 bridgehead atoms. The van der Waals surface area contributed by atoms with E-state index < -0.39 is 0 Å². The molecule has 104 valence electrons. The smallest absolute Gasteiger partial charge is 0.0719 e. The van der Waals surface area contributed by atoms with E-state index in [0.29, 0.717) is 5.25 Å². The maximum Gasteiger partial charge on any atom is 0.0719 e. The third-order valence-electron chi connectivity index (χ3n) is 3.14. The van der Waals surface area contributed by atoms with E-state index in [1.807, 2.05) is 29.6 Å². The van der Waals surface area contributed by atoms with Crippen molar-refractivity contribution in [3.8, 4) is 0 Å². The molecule has 1 heterocycles. The van der Waals surface area contributed by atoms with Crippen LogP contribution in [0.3, 0.4) is 0 Å². The average Bonchev–Trinajstić information content (AvgIpc) is 2.72. The highest BCUT2D eigenvalue weighted by Crippen LogP contribution is 2.20. The Hall–Kier alpha value is -1.04. The second-order valence-electron chi connectivity index (χ2n) is 5.04. The van der Waals surface area contributed by atoms with E-state index in [9.17, 15) is 0 Å². The van der Waals surface area contributed by atoms with E-state index >= 15 is 0 Å². The van der Waals surface area contributed by atoms with Crippen molar-refractivity contribution in [1.29, 1.82) is 0 Å². The zero-order valence-corrected chi connectivity index (χ0v) is 12.6. The van der Waals surface area contributed by atoms with Crippen LogP contribution in [0.15, 0.2) is 24.3 Å². The molecule has 0 aliphatic heterocycles. The summed E-state index contributed by atoms with van der Waals surface area (Å²) in [7, 11) is 1.99. The molecule has 5 heteroatoms. The van der Waals surface area contributed by atoms with Crippen LogP contribution in [0, 0.1) is 0 Å². The second-order valence-corrected chi connectivity index (χ2v) is 6.65. The van der Waals surface area contributed by atoms with Crippen molar-refractivity contribution in [2.45, 2.75) is 31.6 Å². The fraction of sp³-hybridized carbons (Fsp3) is 0.500. The van der Waals surface area contributed by atoms with Crippen LogP contribution < -0.4 is 11.3 Å². The van der Waals surface area contributed by atoms with Gasteiger partial charge in [-0.1, -0.05) is 32.0 Å². The van der Waals surface area contributed by atoms with Crippen molar-refractivity contribution < 1.29 is 0 Å². The van der Waals surface area contributed by atoms with Crippen molar-refractivity contribution in [3.05, 3.63) is 30.0 Å². The topological polar surface area (TPSA) is 55.9 Å². The number of nitrogens with two attached hydrogens (primary N) is 1. The number of hydrazine groups is 1. The first-order valence-corrected chi connectivity index (χ1v) is 7.65. The van der Waals surface area contributed by atoms with Crippen LogP contribution in [0.1, 0.15) is 19.5 Å². The Balaban J connectivity index is 2.15. The summed E-state index contributed by atoms with van der Waals surface area (Å²) in [6.07, 6.45) is 0.859. The number of rotatable bonds is 6. The molecular formula is C14H22N4S. The summed E-state index contributed by atoms with van der Waals surface area (Å²) >= 11 is 1.92. The Morgan fingerprint density at radius 3 is 2.79 bits per heavy atom. The van der Waals surface area contributed by atoms with E-state index in [1.165, 1.54) is 10.9 Å². The molecule has 0 aliphatic carbocycles. The number of benzene rings is 1. The Morgan fingerprint density at radius 2 is 2.11 bits per heavy atom. The van der Waals surface area contributed by atoms with Gasteiger partial charge < -0.3 is 0 Å². The normalized spacial score (nSPS) is 13.3. The molecule has 0 fully saturated rings. The standard InChI is InChI=1S/C14H22N4S/c1-10(2)19-9-11(16-15)8-13-12-6-4-5-7-14(12)18(3)17-13/h4-7,10-11,16H,8-9,15H2,1-3H3. The zero-order chi connectivity index (χ0) is 13.8. The van der Waals surface area contributed by atoms with Gasteiger partial charge in [-0.15, -0.1) is 0 Å². The van der Waals surface area contributed by atoms with E-state index in [2.05, 4.69) is 42.6 Å². The van der Waals surface area contributed by atoms with Crippen LogP contribution in [-0.4, -0.2) is 26.8 Å². The van der Waals surface area contributed by atoms with Crippen LogP contribution in [-0.2, 0) is 13.5 Å². The number of hydrogen-bond donors (Lipinski definition) is 2. The van der Waals surface area contributed by atoms with Crippen LogP contribution in [0.2, 0.25) is 0 Å². The highest BCUT2D eigenvalue weighted by Gasteiger charge is 2.14. The lowest BCUT2D eigenvalue weighted by molar-refractivity contribution is 0.565. The molecule has 0 aliphatic rings. The predicted molar refractivity (Wildman–Crippen MR) is 83.1 cm³/mol. The van der Waals surface area contributed by atoms with Gasteiger partial charge in [0.25, 0.3) is 0 Å². The summed E-state index contributed by atoms with van der Waals surface area (Å²) in [5.74, 6) is 6.66. The van der Waals surface area contributed by atoms with E-state index in [-0.39, 0.29) is 6.04 Å². The summed E-state index contributed by atoms with van der Waals surface area (Å²) in [5, 5.41) is 6.46. The Kier molecular flexibility index (Phi) is 4.85. The summed E-state index contributed by atoms with van der Waals surface area (Å²) in [4.78, 5) is 0. The third kappa shape index (κ3) is 3.49. The quantitative estimate of drug-likeness (QED) is 0.627. The Morgan fingerprint density at radius 1 is 1.37 bits per heavy atom. The molecule has 4 nitrogen and oxygen atoms in total. The number of aromatic nitrogens is 2. The first-order chi connectivity index (χ1) is 9.11.